The van der Waals surface area contributed by atoms with Crippen molar-refractivity contribution in [1.29, 1.82) is 0 Å². The highest BCUT2D eigenvalue weighted by molar-refractivity contribution is 6.35. The van der Waals surface area contributed by atoms with Crippen LogP contribution in [0.1, 0.15) is 18.4 Å². The summed E-state index contributed by atoms with van der Waals surface area (Å²) in [6.07, 6.45) is 0.881. The fourth-order valence-corrected chi connectivity index (χ4v) is 2.60. The third-order valence-electron chi connectivity index (χ3n) is 3.43. The molecular weight excluding hydrogens is 365 g/mol. The molecule has 0 saturated carbocycles. The second-order valence-electron chi connectivity index (χ2n) is 5.31. The molecule has 0 bridgehead atoms. The van der Waals surface area contributed by atoms with Gasteiger partial charge in [-0.1, -0.05) is 29.3 Å². The summed E-state index contributed by atoms with van der Waals surface area (Å²) in [5, 5.41) is 13.5. The average molecular weight is 384 g/mol. The number of nitrogens with one attached hydrogen (secondary N) is 1. The highest BCUT2D eigenvalue weighted by atomic mass is 35.5. The number of phenolic OH excluding ortho intramolecular Hbond substituents is 1. The monoisotopic (exact) mass is 383 g/mol. The molecule has 2 rings (SSSR count). The first-order valence-electron chi connectivity index (χ1n) is 7.70. The van der Waals surface area contributed by atoms with Crippen molar-refractivity contribution in [2.75, 3.05) is 13.7 Å². The van der Waals surface area contributed by atoms with E-state index in [2.05, 4.69) is 5.32 Å². The minimum atomic E-state index is -0.0962. The van der Waals surface area contributed by atoms with Gasteiger partial charge in [0.1, 0.15) is 5.75 Å². The SMILES string of the molecule is COc1ccc(CNC(=O)CCCOc2ccc(Cl)cc2Cl)cc1O. The molecule has 0 aromatic heterocycles. The van der Waals surface area contributed by atoms with Crippen LogP contribution in [0.25, 0.3) is 0 Å². The number of rotatable bonds is 8. The van der Waals surface area contributed by atoms with Crippen LogP contribution in [-0.4, -0.2) is 24.7 Å². The number of hydrogen-bond donors (Lipinski definition) is 2. The number of carbonyl (C=O) groups excluding carboxylic acids is 1. The quantitative estimate of drug-likeness (QED) is 0.670. The molecule has 0 atom stereocenters. The van der Waals surface area contributed by atoms with Crippen LogP contribution in [0.2, 0.25) is 10.0 Å². The lowest BCUT2D eigenvalue weighted by atomic mass is 10.2. The van der Waals surface area contributed by atoms with Gasteiger partial charge >= 0.3 is 0 Å². The van der Waals surface area contributed by atoms with Gasteiger partial charge in [0.25, 0.3) is 0 Å². The van der Waals surface area contributed by atoms with Crippen molar-refractivity contribution in [3.05, 3.63) is 52.0 Å². The van der Waals surface area contributed by atoms with Crippen molar-refractivity contribution in [2.24, 2.45) is 0 Å². The van der Waals surface area contributed by atoms with E-state index in [1.165, 1.54) is 7.11 Å². The minimum absolute atomic E-state index is 0.0440. The molecule has 0 aliphatic rings. The fraction of sp³-hybridized carbons (Fsp3) is 0.278. The van der Waals surface area contributed by atoms with Gasteiger partial charge in [-0.2, -0.15) is 0 Å². The molecule has 0 fully saturated rings. The smallest absolute Gasteiger partial charge is 0.220 e. The van der Waals surface area contributed by atoms with E-state index in [1.54, 1.807) is 36.4 Å². The molecular formula is C18H19Cl2NO4. The molecule has 2 aromatic carbocycles. The molecule has 7 heteroatoms. The van der Waals surface area contributed by atoms with Crippen LogP contribution in [0.4, 0.5) is 0 Å². The zero-order valence-electron chi connectivity index (χ0n) is 13.7. The van der Waals surface area contributed by atoms with Gasteiger partial charge in [-0.3, -0.25) is 4.79 Å². The molecule has 0 aliphatic heterocycles. The zero-order valence-corrected chi connectivity index (χ0v) is 15.2. The summed E-state index contributed by atoms with van der Waals surface area (Å²) in [4.78, 5) is 11.8. The summed E-state index contributed by atoms with van der Waals surface area (Å²) in [5.41, 5.74) is 0.788. The van der Waals surface area contributed by atoms with Gasteiger partial charge in [-0.15, -0.1) is 0 Å². The number of aromatic hydroxyl groups is 1. The Kier molecular flexibility index (Phi) is 7.22. The average Bonchev–Trinajstić information content (AvgIpc) is 2.58. The van der Waals surface area contributed by atoms with Crippen molar-refractivity contribution < 1.29 is 19.4 Å². The molecule has 134 valence electrons. The highest BCUT2D eigenvalue weighted by Crippen LogP contribution is 2.28. The van der Waals surface area contributed by atoms with Crippen LogP contribution in [0.15, 0.2) is 36.4 Å². The second kappa shape index (κ2) is 9.39. The molecule has 0 aliphatic carbocycles. The number of ether oxygens (including phenoxy) is 2. The van der Waals surface area contributed by atoms with Gasteiger partial charge in [0, 0.05) is 18.0 Å². The van der Waals surface area contributed by atoms with E-state index < -0.39 is 0 Å². The number of amides is 1. The topological polar surface area (TPSA) is 67.8 Å². The van der Waals surface area contributed by atoms with Crippen LogP contribution in [-0.2, 0) is 11.3 Å². The van der Waals surface area contributed by atoms with E-state index in [4.69, 9.17) is 32.7 Å². The maximum atomic E-state index is 11.8. The molecule has 0 spiro atoms. The standard InChI is InChI=1S/C18H19Cl2NO4/c1-24-17-6-4-12(9-15(17)22)11-21-18(23)3-2-8-25-16-7-5-13(19)10-14(16)20/h4-7,9-10,22H,2-3,8,11H2,1H3,(H,21,23). The van der Waals surface area contributed by atoms with Crippen LogP contribution in [0.3, 0.4) is 0 Å². The largest absolute Gasteiger partial charge is 0.504 e. The van der Waals surface area contributed by atoms with E-state index in [0.29, 0.717) is 47.5 Å². The fourth-order valence-electron chi connectivity index (χ4n) is 2.14. The third kappa shape index (κ3) is 6.03. The number of halogens is 2. The van der Waals surface area contributed by atoms with Gasteiger partial charge in [-0.05, 0) is 42.3 Å². The third-order valence-corrected chi connectivity index (χ3v) is 3.96. The number of phenols is 1. The van der Waals surface area contributed by atoms with Crippen molar-refractivity contribution >= 4 is 29.1 Å². The summed E-state index contributed by atoms with van der Waals surface area (Å²) < 4.78 is 10.5. The Hall–Kier alpha value is -2.11. The lowest BCUT2D eigenvalue weighted by Gasteiger charge is -2.09. The van der Waals surface area contributed by atoms with Gasteiger partial charge < -0.3 is 19.9 Å². The molecule has 2 N–H and O–H groups in total. The number of methoxy groups -OCH3 is 1. The van der Waals surface area contributed by atoms with Gasteiger partial charge in [0.15, 0.2) is 11.5 Å². The summed E-state index contributed by atoms with van der Waals surface area (Å²) in [5.74, 6) is 0.886. The number of hydrogen-bond acceptors (Lipinski definition) is 4. The van der Waals surface area contributed by atoms with Gasteiger partial charge in [0.05, 0.1) is 18.7 Å². The molecule has 0 unspecified atom stereocenters. The summed E-state index contributed by atoms with van der Waals surface area (Å²) in [6.45, 7) is 0.707. The predicted molar refractivity (Wildman–Crippen MR) is 97.7 cm³/mol. The predicted octanol–water partition coefficient (Wildman–Crippen LogP) is 4.18. The zero-order chi connectivity index (χ0) is 18.2. The first-order chi connectivity index (χ1) is 12.0. The van der Waals surface area contributed by atoms with Gasteiger partial charge in [0.2, 0.25) is 5.91 Å². The Morgan fingerprint density at radius 3 is 2.60 bits per heavy atom. The summed E-state index contributed by atoms with van der Waals surface area (Å²) in [6, 6.07) is 9.99. The Bertz CT molecular complexity index is 737. The molecule has 25 heavy (non-hydrogen) atoms. The van der Waals surface area contributed by atoms with E-state index in [0.717, 1.165) is 5.56 Å². The Balaban J connectivity index is 1.69. The molecule has 2 aromatic rings. The molecule has 1 amide bonds. The van der Waals surface area contributed by atoms with E-state index in [-0.39, 0.29) is 11.7 Å². The second-order valence-corrected chi connectivity index (χ2v) is 6.15. The Labute approximate surface area is 156 Å². The lowest BCUT2D eigenvalue weighted by molar-refractivity contribution is -0.121. The summed E-state index contributed by atoms with van der Waals surface area (Å²) in [7, 11) is 1.48. The van der Waals surface area contributed by atoms with Crippen LogP contribution < -0.4 is 14.8 Å². The lowest BCUT2D eigenvalue weighted by Crippen LogP contribution is -2.22. The maximum absolute atomic E-state index is 11.8. The number of benzene rings is 2. The van der Waals surface area contributed by atoms with Crippen LogP contribution in [0, 0.1) is 0 Å². The highest BCUT2D eigenvalue weighted by Gasteiger charge is 2.06. The number of carbonyl (C=O) groups is 1. The summed E-state index contributed by atoms with van der Waals surface area (Å²) >= 11 is 11.8. The van der Waals surface area contributed by atoms with Crippen molar-refractivity contribution in [2.45, 2.75) is 19.4 Å². The first-order valence-corrected chi connectivity index (χ1v) is 8.45. The van der Waals surface area contributed by atoms with Gasteiger partial charge in [-0.25, -0.2) is 0 Å². The maximum Gasteiger partial charge on any atom is 0.220 e. The van der Waals surface area contributed by atoms with E-state index in [9.17, 15) is 9.90 Å². The molecule has 5 nitrogen and oxygen atoms in total. The first kappa shape index (κ1) is 19.2. The van der Waals surface area contributed by atoms with E-state index >= 15 is 0 Å². The molecule has 0 saturated heterocycles. The Morgan fingerprint density at radius 1 is 1.16 bits per heavy atom. The van der Waals surface area contributed by atoms with Crippen molar-refractivity contribution in [3.8, 4) is 17.2 Å². The van der Waals surface area contributed by atoms with Crippen molar-refractivity contribution in [3.63, 3.8) is 0 Å². The molecule has 0 heterocycles. The minimum Gasteiger partial charge on any atom is -0.504 e. The normalized spacial score (nSPS) is 10.4. The van der Waals surface area contributed by atoms with Crippen LogP contribution >= 0.6 is 23.2 Å². The Morgan fingerprint density at radius 2 is 1.92 bits per heavy atom. The molecule has 0 radical (unpaired) electrons. The van der Waals surface area contributed by atoms with Crippen molar-refractivity contribution in [1.82, 2.24) is 5.32 Å². The van der Waals surface area contributed by atoms with E-state index in [1.807, 2.05) is 0 Å². The van der Waals surface area contributed by atoms with Crippen LogP contribution in [0.5, 0.6) is 17.2 Å².